The van der Waals surface area contributed by atoms with Crippen LogP contribution in [0.5, 0.6) is 0 Å². The Hall–Kier alpha value is -0.830. The lowest BCUT2D eigenvalue weighted by atomic mass is 10.1. The minimum absolute atomic E-state index is 0.327. The fourth-order valence-electron chi connectivity index (χ4n) is 1.83. The molecule has 2 N–H and O–H groups in total. The highest BCUT2D eigenvalue weighted by atomic mass is 15.3. The van der Waals surface area contributed by atoms with Crippen molar-refractivity contribution in [1.82, 2.24) is 9.78 Å². The Morgan fingerprint density at radius 1 is 1.33 bits per heavy atom. The largest absolute Gasteiger partial charge is 0.328 e. The Morgan fingerprint density at radius 2 is 2.13 bits per heavy atom. The lowest BCUT2D eigenvalue weighted by Gasteiger charge is -2.11. The minimum atomic E-state index is 0.327. The summed E-state index contributed by atoms with van der Waals surface area (Å²) in [6.45, 7) is 5.33. The molecule has 86 valence electrons. The van der Waals surface area contributed by atoms with Crippen molar-refractivity contribution in [2.45, 2.75) is 58.5 Å². The summed E-state index contributed by atoms with van der Waals surface area (Å²) < 4.78 is 2.10. The second-order valence-corrected chi connectivity index (χ2v) is 4.13. The highest BCUT2D eigenvalue weighted by Gasteiger charge is 2.04. The highest BCUT2D eigenvalue weighted by Crippen LogP contribution is 2.06. The maximum atomic E-state index is 5.98. The van der Waals surface area contributed by atoms with Crippen molar-refractivity contribution in [2.24, 2.45) is 5.73 Å². The molecule has 0 amide bonds. The summed E-state index contributed by atoms with van der Waals surface area (Å²) in [4.78, 5) is 0. The molecular formula is C12H23N3. The molecule has 0 aliphatic heterocycles. The molecule has 1 heterocycles. The summed E-state index contributed by atoms with van der Waals surface area (Å²) in [5, 5.41) is 4.33. The van der Waals surface area contributed by atoms with Crippen molar-refractivity contribution in [3.05, 3.63) is 18.0 Å². The first-order valence-electron chi connectivity index (χ1n) is 6.04. The first-order valence-corrected chi connectivity index (χ1v) is 6.04. The third-order valence-electron chi connectivity index (χ3n) is 2.68. The van der Waals surface area contributed by atoms with E-state index in [1.165, 1.54) is 18.5 Å². The zero-order chi connectivity index (χ0) is 11.1. The number of aryl methyl sites for hydroxylation is 2. The SMILES string of the molecule is CCCc1ccnn1CCC(N)CCC. The van der Waals surface area contributed by atoms with E-state index in [4.69, 9.17) is 5.73 Å². The number of hydrogen-bond donors (Lipinski definition) is 1. The number of aromatic nitrogens is 2. The average molecular weight is 209 g/mol. The van der Waals surface area contributed by atoms with Crippen molar-refractivity contribution in [3.63, 3.8) is 0 Å². The van der Waals surface area contributed by atoms with E-state index in [1.54, 1.807) is 0 Å². The highest BCUT2D eigenvalue weighted by molar-refractivity contribution is 5.00. The summed E-state index contributed by atoms with van der Waals surface area (Å²) in [6, 6.07) is 2.43. The predicted octanol–water partition coefficient (Wildman–Crippen LogP) is 2.35. The van der Waals surface area contributed by atoms with Gasteiger partial charge in [-0.25, -0.2) is 0 Å². The van der Waals surface area contributed by atoms with E-state index >= 15 is 0 Å². The molecule has 1 aromatic rings. The smallest absolute Gasteiger partial charge is 0.0492 e. The molecule has 1 unspecified atom stereocenters. The van der Waals surface area contributed by atoms with Crippen LogP contribution < -0.4 is 5.73 Å². The minimum Gasteiger partial charge on any atom is -0.328 e. The Bertz CT molecular complexity index is 268. The van der Waals surface area contributed by atoms with Gasteiger partial charge in [0, 0.05) is 24.5 Å². The average Bonchev–Trinajstić information content (AvgIpc) is 2.64. The van der Waals surface area contributed by atoms with Gasteiger partial charge in [0.25, 0.3) is 0 Å². The standard InChI is InChI=1S/C12H23N3/c1-3-5-11(13)8-10-15-12(6-4-2)7-9-14-15/h7,9,11H,3-6,8,10,13H2,1-2H3. The van der Waals surface area contributed by atoms with Gasteiger partial charge in [0.1, 0.15) is 0 Å². The fraction of sp³-hybridized carbons (Fsp3) is 0.750. The molecular weight excluding hydrogens is 186 g/mol. The molecule has 1 rings (SSSR count). The van der Waals surface area contributed by atoms with E-state index in [0.29, 0.717) is 6.04 Å². The third kappa shape index (κ3) is 4.04. The van der Waals surface area contributed by atoms with Crippen molar-refractivity contribution >= 4 is 0 Å². The second kappa shape index (κ2) is 6.62. The fourth-order valence-corrected chi connectivity index (χ4v) is 1.83. The van der Waals surface area contributed by atoms with Crippen molar-refractivity contribution in [3.8, 4) is 0 Å². The molecule has 0 aromatic carbocycles. The topological polar surface area (TPSA) is 43.8 Å². The normalized spacial score (nSPS) is 13.0. The molecule has 1 atom stereocenters. The molecule has 3 heteroatoms. The Kier molecular flexibility index (Phi) is 5.40. The van der Waals surface area contributed by atoms with Gasteiger partial charge < -0.3 is 5.73 Å². The van der Waals surface area contributed by atoms with Crippen LogP contribution in [0.3, 0.4) is 0 Å². The molecule has 15 heavy (non-hydrogen) atoms. The van der Waals surface area contributed by atoms with E-state index < -0.39 is 0 Å². The van der Waals surface area contributed by atoms with Gasteiger partial charge in [0.2, 0.25) is 0 Å². The molecule has 0 spiro atoms. The predicted molar refractivity (Wildman–Crippen MR) is 63.7 cm³/mol. The Balaban J connectivity index is 2.39. The first-order chi connectivity index (χ1) is 7.27. The van der Waals surface area contributed by atoms with Gasteiger partial charge in [-0.3, -0.25) is 4.68 Å². The maximum Gasteiger partial charge on any atom is 0.0492 e. The van der Waals surface area contributed by atoms with Crippen LogP contribution in [0.2, 0.25) is 0 Å². The quantitative estimate of drug-likeness (QED) is 0.749. The van der Waals surface area contributed by atoms with Gasteiger partial charge in [-0.15, -0.1) is 0 Å². The molecule has 3 nitrogen and oxygen atoms in total. The summed E-state index contributed by atoms with van der Waals surface area (Å²) in [6.07, 6.45) is 7.49. The Morgan fingerprint density at radius 3 is 2.80 bits per heavy atom. The van der Waals surface area contributed by atoms with Crippen LogP contribution in [-0.4, -0.2) is 15.8 Å². The third-order valence-corrected chi connectivity index (χ3v) is 2.68. The summed E-state index contributed by atoms with van der Waals surface area (Å²) in [5.74, 6) is 0. The molecule has 0 radical (unpaired) electrons. The van der Waals surface area contributed by atoms with Crippen LogP contribution in [0, 0.1) is 0 Å². The van der Waals surface area contributed by atoms with Crippen LogP contribution in [-0.2, 0) is 13.0 Å². The molecule has 0 aliphatic carbocycles. The van der Waals surface area contributed by atoms with Crippen LogP contribution in [0.25, 0.3) is 0 Å². The van der Waals surface area contributed by atoms with E-state index in [1.807, 2.05) is 6.20 Å². The van der Waals surface area contributed by atoms with Gasteiger partial charge in [-0.2, -0.15) is 5.10 Å². The van der Waals surface area contributed by atoms with E-state index in [-0.39, 0.29) is 0 Å². The van der Waals surface area contributed by atoms with Crippen LogP contribution in [0.15, 0.2) is 12.3 Å². The van der Waals surface area contributed by atoms with Crippen molar-refractivity contribution < 1.29 is 0 Å². The Labute approximate surface area is 92.7 Å². The molecule has 1 aromatic heterocycles. The summed E-state index contributed by atoms with van der Waals surface area (Å²) in [7, 11) is 0. The van der Waals surface area contributed by atoms with Gasteiger partial charge in [0.15, 0.2) is 0 Å². The number of nitrogens with two attached hydrogens (primary N) is 1. The van der Waals surface area contributed by atoms with Crippen LogP contribution >= 0.6 is 0 Å². The molecule has 0 bridgehead atoms. The van der Waals surface area contributed by atoms with E-state index in [9.17, 15) is 0 Å². The molecule has 0 fully saturated rings. The summed E-state index contributed by atoms with van der Waals surface area (Å²) in [5.41, 5.74) is 7.32. The second-order valence-electron chi connectivity index (χ2n) is 4.13. The van der Waals surface area contributed by atoms with Gasteiger partial charge in [-0.1, -0.05) is 26.7 Å². The maximum absolute atomic E-state index is 5.98. The zero-order valence-corrected chi connectivity index (χ0v) is 9.95. The van der Waals surface area contributed by atoms with E-state index in [2.05, 4.69) is 29.7 Å². The summed E-state index contributed by atoms with van der Waals surface area (Å²) >= 11 is 0. The molecule has 0 saturated heterocycles. The number of nitrogens with zero attached hydrogens (tertiary/aromatic N) is 2. The lowest BCUT2D eigenvalue weighted by molar-refractivity contribution is 0.474. The van der Waals surface area contributed by atoms with Crippen LogP contribution in [0.4, 0.5) is 0 Å². The van der Waals surface area contributed by atoms with E-state index in [0.717, 1.165) is 25.8 Å². The zero-order valence-electron chi connectivity index (χ0n) is 9.95. The monoisotopic (exact) mass is 209 g/mol. The first kappa shape index (κ1) is 12.2. The number of rotatable bonds is 7. The van der Waals surface area contributed by atoms with Crippen LogP contribution in [0.1, 0.15) is 45.2 Å². The lowest BCUT2D eigenvalue weighted by Crippen LogP contribution is -2.22. The van der Waals surface area contributed by atoms with Crippen molar-refractivity contribution in [2.75, 3.05) is 0 Å². The number of hydrogen-bond acceptors (Lipinski definition) is 2. The van der Waals surface area contributed by atoms with Gasteiger partial charge in [-0.05, 0) is 25.3 Å². The molecule has 0 saturated carbocycles. The van der Waals surface area contributed by atoms with Crippen molar-refractivity contribution in [1.29, 1.82) is 0 Å². The van der Waals surface area contributed by atoms with Gasteiger partial charge in [0.05, 0.1) is 0 Å². The van der Waals surface area contributed by atoms with Gasteiger partial charge >= 0.3 is 0 Å². The molecule has 0 aliphatic rings.